The molecule has 32 heavy (non-hydrogen) atoms. The van der Waals surface area contributed by atoms with Crippen LogP contribution in [0.1, 0.15) is 61.8 Å². The number of hydrogen-bond acceptors (Lipinski definition) is 4. The Bertz CT molecular complexity index is 1100. The number of benzene rings is 2. The third-order valence-electron chi connectivity index (χ3n) is 6.19. The van der Waals surface area contributed by atoms with E-state index in [0.717, 1.165) is 11.1 Å². The maximum absolute atomic E-state index is 13.3. The number of rotatable bonds is 6. The van der Waals surface area contributed by atoms with Gasteiger partial charge in [0.15, 0.2) is 0 Å². The van der Waals surface area contributed by atoms with Crippen molar-refractivity contribution in [3.05, 3.63) is 58.7 Å². The van der Waals surface area contributed by atoms with E-state index in [2.05, 4.69) is 0 Å². The van der Waals surface area contributed by atoms with Gasteiger partial charge >= 0.3 is 0 Å². The van der Waals surface area contributed by atoms with Crippen molar-refractivity contribution < 1.29 is 16.8 Å². The van der Waals surface area contributed by atoms with Crippen LogP contribution in [-0.2, 0) is 20.0 Å². The summed E-state index contributed by atoms with van der Waals surface area (Å²) in [5, 5.41) is 0. The molecule has 176 valence electrons. The normalized spacial score (nSPS) is 16.8. The van der Waals surface area contributed by atoms with E-state index in [4.69, 9.17) is 0 Å². The predicted molar refractivity (Wildman–Crippen MR) is 128 cm³/mol. The smallest absolute Gasteiger partial charge is 0.207 e. The van der Waals surface area contributed by atoms with Crippen LogP contribution in [0.25, 0.3) is 0 Å². The Labute approximate surface area is 193 Å². The fraction of sp³-hybridized carbons (Fsp3) is 0.500. The quantitative estimate of drug-likeness (QED) is 0.622. The van der Waals surface area contributed by atoms with Crippen molar-refractivity contribution in [1.29, 1.82) is 0 Å². The lowest BCUT2D eigenvalue weighted by Crippen LogP contribution is -2.50. The van der Waals surface area contributed by atoms with Crippen molar-refractivity contribution in [3.63, 3.8) is 0 Å². The molecule has 0 aromatic heterocycles. The van der Waals surface area contributed by atoms with Gasteiger partial charge in [-0.15, -0.1) is 0 Å². The van der Waals surface area contributed by atoms with Crippen molar-refractivity contribution in [2.24, 2.45) is 0 Å². The Morgan fingerprint density at radius 2 is 0.938 bits per heavy atom. The molecule has 0 N–H and O–H groups in total. The average molecular weight is 479 g/mol. The minimum Gasteiger partial charge on any atom is -0.207 e. The van der Waals surface area contributed by atoms with Gasteiger partial charge in [0.2, 0.25) is 20.0 Å². The van der Waals surface area contributed by atoms with Crippen LogP contribution in [0, 0.1) is 13.8 Å². The molecule has 6 nitrogen and oxygen atoms in total. The zero-order valence-corrected chi connectivity index (χ0v) is 21.4. The SMILES string of the molecule is Cc1ccc(C(C)C)cc1S(=O)(=O)N1CCN(S(=O)(=O)c2cc(C(C)C)ccc2C)CC1. The van der Waals surface area contributed by atoms with Crippen molar-refractivity contribution >= 4 is 20.0 Å². The van der Waals surface area contributed by atoms with E-state index in [1.54, 1.807) is 26.0 Å². The molecule has 0 spiro atoms. The van der Waals surface area contributed by atoms with Crippen LogP contribution in [0.3, 0.4) is 0 Å². The molecule has 0 unspecified atom stereocenters. The number of aryl methyl sites for hydroxylation is 2. The van der Waals surface area contributed by atoms with Crippen LogP contribution >= 0.6 is 0 Å². The minimum absolute atomic E-state index is 0.135. The first kappa shape index (κ1) is 24.9. The molecular weight excluding hydrogens is 444 g/mol. The molecule has 1 aliphatic heterocycles. The fourth-order valence-corrected chi connectivity index (χ4v) is 7.30. The van der Waals surface area contributed by atoms with Crippen LogP contribution in [0.2, 0.25) is 0 Å². The van der Waals surface area contributed by atoms with Crippen LogP contribution in [-0.4, -0.2) is 51.6 Å². The lowest BCUT2D eigenvalue weighted by atomic mass is 10.0. The van der Waals surface area contributed by atoms with E-state index in [0.29, 0.717) is 20.9 Å². The molecule has 0 saturated carbocycles. The Kier molecular flexibility index (Phi) is 7.20. The zero-order chi connectivity index (χ0) is 23.8. The highest BCUT2D eigenvalue weighted by atomic mass is 32.2. The second kappa shape index (κ2) is 9.25. The first-order valence-corrected chi connectivity index (χ1v) is 13.9. The molecule has 3 rings (SSSR count). The monoisotopic (exact) mass is 478 g/mol. The molecule has 0 aliphatic carbocycles. The summed E-state index contributed by atoms with van der Waals surface area (Å²) in [6.45, 7) is 12.2. The summed E-state index contributed by atoms with van der Waals surface area (Å²) >= 11 is 0. The molecule has 1 heterocycles. The molecule has 1 saturated heterocycles. The van der Waals surface area contributed by atoms with E-state index < -0.39 is 20.0 Å². The van der Waals surface area contributed by atoms with E-state index in [9.17, 15) is 16.8 Å². The van der Waals surface area contributed by atoms with Crippen LogP contribution < -0.4 is 0 Å². The Morgan fingerprint density at radius 1 is 0.625 bits per heavy atom. The lowest BCUT2D eigenvalue weighted by molar-refractivity contribution is 0.272. The van der Waals surface area contributed by atoms with Gasteiger partial charge in [-0.25, -0.2) is 16.8 Å². The molecule has 0 radical (unpaired) electrons. The fourth-order valence-electron chi connectivity index (χ4n) is 3.94. The first-order valence-electron chi connectivity index (χ1n) is 11.1. The van der Waals surface area contributed by atoms with Gasteiger partial charge < -0.3 is 0 Å². The average Bonchev–Trinajstić information content (AvgIpc) is 2.73. The third-order valence-corrected chi connectivity index (χ3v) is 10.3. The van der Waals surface area contributed by atoms with Crippen molar-refractivity contribution in [2.75, 3.05) is 26.2 Å². The van der Waals surface area contributed by atoms with Crippen LogP contribution in [0.5, 0.6) is 0 Å². The molecule has 0 amide bonds. The van der Waals surface area contributed by atoms with Crippen molar-refractivity contribution in [2.45, 2.75) is 63.2 Å². The third kappa shape index (κ3) is 4.78. The predicted octanol–water partition coefficient (Wildman–Crippen LogP) is 4.25. The number of hydrogen-bond donors (Lipinski definition) is 0. The summed E-state index contributed by atoms with van der Waals surface area (Å²) in [7, 11) is -7.39. The van der Waals surface area contributed by atoms with E-state index in [1.807, 2.05) is 52.0 Å². The molecule has 1 aliphatic rings. The van der Waals surface area contributed by atoms with Gasteiger partial charge in [0.05, 0.1) is 9.79 Å². The topological polar surface area (TPSA) is 74.8 Å². The number of piperazine rings is 1. The second-order valence-corrected chi connectivity index (χ2v) is 13.0. The van der Waals surface area contributed by atoms with Gasteiger partial charge in [-0.05, 0) is 60.1 Å². The highest BCUT2D eigenvalue weighted by Gasteiger charge is 2.35. The summed E-state index contributed by atoms with van der Waals surface area (Å²) in [5.41, 5.74) is 3.34. The number of sulfonamides is 2. The Morgan fingerprint density at radius 3 is 1.22 bits per heavy atom. The highest BCUT2D eigenvalue weighted by Crippen LogP contribution is 2.28. The largest absolute Gasteiger partial charge is 0.243 e. The van der Waals surface area contributed by atoms with Crippen molar-refractivity contribution in [3.8, 4) is 0 Å². The Balaban J connectivity index is 1.84. The summed E-state index contributed by atoms with van der Waals surface area (Å²) in [6.07, 6.45) is 0. The van der Waals surface area contributed by atoms with Gasteiger partial charge in [-0.1, -0.05) is 52.0 Å². The maximum Gasteiger partial charge on any atom is 0.243 e. The summed E-state index contributed by atoms with van der Waals surface area (Å²) in [6, 6.07) is 11.1. The molecule has 2 aromatic rings. The van der Waals surface area contributed by atoms with E-state index in [-0.39, 0.29) is 38.0 Å². The van der Waals surface area contributed by atoms with Gasteiger partial charge in [0.1, 0.15) is 0 Å². The van der Waals surface area contributed by atoms with Gasteiger partial charge in [-0.2, -0.15) is 8.61 Å². The summed E-state index contributed by atoms with van der Waals surface area (Å²) in [5.74, 6) is 0.438. The van der Waals surface area contributed by atoms with Crippen LogP contribution in [0.4, 0.5) is 0 Å². The molecular formula is C24H34N2O4S2. The standard InChI is InChI=1S/C24H34N2O4S2/c1-17(2)21-9-7-19(5)23(15-21)31(27,28)25-11-13-26(14-12-25)32(29,30)24-16-22(18(3)4)10-8-20(24)6/h7-10,15-18H,11-14H2,1-6H3. The minimum atomic E-state index is -3.70. The van der Waals surface area contributed by atoms with E-state index >= 15 is 0 Å². The second-order valence-electron chi connectivity index (χ2n) is 9.17. The summed E-state index contributed by atoms with van der Waals surface area (Å²) in [4.78, 5) is 0.612. The summed E-state index contributed by atoms with van der Waals surface area (Å²) < 4.78 is 56.2. The molecule has 8 heteroatoms. The van der Waals surface area contributed by atoms with E-state index in [1.165, 1.54) is 8.61 Å². The Hall–Kier alpha value is -1.74. The van der Waals surface area contributed by atoms with Gasteiger partial charge in [0.25, 0.3) is 0 Å². The van der Waals surface area contributed by atoms with Crippen LogP contribution in [0.15, 0.2) is 46.2 Å². The molecule has 1 fully saturated rings. The van der Waals surface area contributed by atoms with Gasteiger partial charge in [-0.3, -0.25) is 0 Å². The molecule has 0 atom stereocenters. The maximum atomic E-state index is 13.3. The van der Waals surface area contributed by atoms with Gasteiger partial charge in [0, 0.05) is 26.2 Å². The van der Waals surface area contributed by atoms with Crippen molar-refractivity contribution in [1.82, 2.24) is 8.61 Å². The zero-order valence-electron chi connectivity index (χ0n) is 19.8. The number of nitrogens with zero attached hydrogens (tertiary/aromatic N) is 2. The first-order chi connectivity index (χ1) is 14.9. The molecule has 0 bridgehead atoms. The highest BCUT2D eigenvalue weighted by molar-refractivity contribution is 7.89. The molecule has 2 aromatic carbocycles. The lowest BCUT2D eigenvalue weighted by Gasteiger charge is -2.34.